The molecule has 0 fully saturated rings. The molecule has 0 N–H and O–H groups in total. The third-order valence-corrected chi connectivity index (χ3v) is 1.51. The maximum Gasteiger partial charge on any atom is 0.133 e. The molecule has 2 nitrogen and oxygen atoms in total. The molecular weight excluding hydrogens is 152 g/mol. The monoisotopic (exact) mass is 168 g/mol. The number of hydrogen-bond acceptors (Lipinski definition) is 2. The smallest absolute Gasteiger partial charge is 0.133 e. The van der Waals surface area contributed by atoms with Crippen molar-refractivity contribution in [1.82, 2.24) is 0 Å². The largest absolute Gasteiger partial charge is 0.385 e. The first-order chi connectivity index (χ1) is 5.81. The summed E-state index contributed by atoms with van der Waals surface area (Å²) in [5.74, 6) is 5.92. The van der Waals surface area contributed by atoms with E-state index in [0.29, 0.717) is 25.9 Å². The van der Waals surface area contributed by atoms with Crippen LogP contribution in [0, 0.1) is 11.8 Å². The highest BCUT2D eigenvalue weighted by Gasteiger charge is 1.99. The Bertz CT molecular complexity index is 174. The first-order valence-corrected chi connectivity index (χ1v) is 4.21. The third-order valence-electron chi connectivity index (χ3n) is 1.51. The van der Waals surface area contributed by atoms with Crippen LogP contribution in [-0.4, -0.2) is 19.5 Å². The van der Waals surface area contributed by atoms with Crippen LogP contribution in [0.25, 0.3) is 0 Å². The van der Waals surface area contributed by atoms with Gasteiger partial charge >= 0.3 is 0 Å². The van der Waals surface area contributed by atoms with E-state index in [4.69, 9.17) is 4.74 Å². The SMILES string of the molecule is CC#CCCC(=O)CCCOC. The zero-order valence-corrected chi connectivity index (χ0v) is 7.85. The number of ether oxygens (including phenoxy) is 1. The molecule has 0 saturated carbocycles. The molecule has 0 aromatic carbocycles. The number of rotatable bonds is 6. The fraction of sp³-hybridized carbons (Fsp3) is 0.700. The topological polar surface area (TPSA) is 26.3 Å². The molecule has 0 aliphatic heterocycles. The van der Waals surface area contributed by atoms with Gasteiger partial charge in [0.2, 0.25) is 0 Å². The molecule has 0 heterocycles. The van der Waals surface area contributed by atoms with Crippen LogP contribution < -0.4 is 0 Å². The molecule has 0 spiro atoms. The predicted molar refractivity (Wildman–Crippen MR) is 48.8 cm³/mol. The molecule has 0 bridgehead atoms. The second-order valence-electron chi connectivity index (χ2n) is 2.56. The van der Waals surface area contributed by atoms with E-state index >= 15 is 0 Å². The number of methoxy groups -OCH3 is 1. The van der Waals surface area contributed by atoms with Crippen molar-refractivity contribution in [3.63, 3.8) is 0 Å². The van der Waals surface area contributed by atoms with E-state index in [1.165, 1.54) is 0 Å². The van der Waals surface area contributed by atoms with E-state index in [1.807, 2.05) is 0 Å². The molecule has 0 radical (unpaired) electrons. The summed E-state index contributed by atoms with van der Waals surface area (Å²) in [6, 6.07) is 0. The summed E-state index contributed by atoms with van der Waals surface area (Å²) in [6.07, 6.45) is 2.74. The van der Waals surface area contributed by atoms with E-state index in [0.717, 1.165) is 6.42 Å². The Hall–Kier alpha value is -0.810. The Kier molecular flexibility index (Phi) is 7.73. The van der Waals surface area contributed by atoms with Crippen LogP contribution in [0.1, 0.15) is 32.6 Å². The van der Waals surface area contributed by atoms with Gasteiger partial charge < -0.3 is 4.74 Å². The van der Waals surface area contributed by atoms with Crippen LogP contribution in [0.15, 0.2) is 0 Å². The minimum absolute atomic E-state index is 0.287. The molecule has 12 heavy (non-hydrogen) atoms. The maximum absolute atomic E-state index is 11.1. The average molecular weight is 168 g/mol. The molecule has 0 aromatic rings. The second kappa shape index (κ2) is 8.29. The number of Topliss-reactive ketones (excluding diaryl/α,β-unsaturated/α-hetero) is 1. The predicted octanol–water partition coefficient (Wildman–Crippen LogP) is 1.79. The quantitative estimate of drug-likeness (QED) is 0.446. The van der Waals surface area contributed by atoms with Crippen molar-refractivity contribution in [3.8, 4) is 11.8 Å². The van der Waals surface area contributed by atoms with E-state index in [9.17, 15) is 4.79 Å². The summed E-state index contributed by atoms with van der Waals surface area (Å²) in [4.78, 5) is 11.1. The third kappa shape index (κ3) is 7.30. The van der Waals surface area contributed by atoms with Gasteiger partial charge in [-0.05, 0) is 13.3 Å². The molecular formula is C10H16O2. The fourth-order valence-electron chi connectivity index (χ4n) is 0.866. The van der Waals surface area contributed by atoms with Crippen LogP contribution >= 0.6 is 0 Å². The van der Waals surface area contributed by atoms with E-state index in [-0.39, 0.29) is 5.78 Å². The molecule has 0 atom stereocenters. The minimum atomic E-state index is 0.287. The van der Waals surface area contributed by atoms with Crippen molar-refractivity contribution in [2.75, 3.05) is 13.7 Å². The highest BCUT2D eigenvalue weighted by molar-refractivity contribution is 5.78. The number of ketones is 1. The van der Waals surface area contributed by atoms with Gasteiger partial charge in [0.05, 0.1) is 0 Å². The molecule has 68 valence electrons. The van der Waals surface area contributed by atoms with Crippen LogP contribution in [0.4, 0.5) is 0 Å². The molecule has 0 aliphatic carbocycles. The average Bonchev–Trinajstić information content (AvgIpc) is 2.06. The lowest BCUT2D eigenvalue weighted by Crippen LogP contribution is -1.99. The van der Waals surface area contributed by atoms with Crippen LogP contribution in [0.2, 0.25) is 0 Å². The lowest BCUT2D eigenvalue weighted by Gasteiger charge is -1.97. The highest BCUT2D eigenvalue weighted by atomic mass is 16.5. The summed E-state index contributed by atoms with van der Waals surface area (Å²) in [5.41, 5.74) is 0. The van der Waals surface area contributed by atoms with Gasteiger partial charge in [-0.15, -0.1) is 11.8 Å². The van der Waals surface area contributed by atoms with Gasteiger partial charge in [0.1, 0.15) is 5.78 Å². The van der Waals surface area contributed by atoms with Crippen molar-refractivity contribution in [2.24, 2.45) is 0 Å². The first-order valence-electron chi connectivity index (χ1n) is 4.21. The molecule has 2 heteroatoms. The Balaban J connectivity index is 3.25. The summed E-state index contributed by atoms with van der Waals surface area (Å²) in [5, 5.41) is 0. The van der Waals surface area contributed by atoms with Crippen molar-refractivity contribution >= 4 is 5.78 Å². The Morgan fingerprint density at radius 2 is 2.17 bits per heavy atom. The normalized spacial score (nSPS) is 8.83. The van der Waals surface area contributed by atoms with Gasteiger partial charge in [-0.25, -0.2) is 0 Å². The number of carbonyl (C=O) groups excluding carboxylic acids is 1. The molecule has 0 saturated heterocycles. The van der Waals surface area contributed by atoms with Crippen molar-refractivity contribution in [1.29, 1.82) is 0 Å². The first kappa shape index (κ1) is 11.2. The molecule has 0 unspecified atom stereocenters. The van der Waals surface area contributed by atoms with E-state index in [2.05, 4.69) is 11.8 Å². The minimum Gasteiger partial charge on any atom is -0.385 e. The summed E-state index contributed by atoms with van der Waals surface area (Å²) < 4.78 is 4.84. The van der Waals surface area contributed by atoms with Gasteiger partial charge in [-0.1, -0.05) is 0 Å². The summed E-state index contributed by atoms with van der Waals surface area (Å²) in [6.45, 7) is 2.46. The zero-order chi connectivity index (χ0) is 9.23. The summed E-state index contributed by atoms with van der Waals surface area (Å²) in [7, 11) is 1.65. The van der Waals surface area contributed by atoms with Crippen molar-refractivity contribution in [2.45, 2.75) is 32.6 Å². The van der Waals surface area contributed by atoms with Gasteiger partial charge in [-0.3, -0.25) is 4.79 Å². The highest BCUT2D eigenvalue weighted by Crippen LogP contribution is 1.97. The van der Waals surface area contributed by atoms with Gasteiger partial charge in [0, 0.05) is 33.0 Å². The number of hydrogen-bond donors (Lipinski definition) is 0. The molecule has 0 amide bonds. The van der Waals surface area contributed by atoms with Gasteiger partial charge in [0.15, 0.2) is 0 Å². The molecule has 0 aliphatic rings. The molecule has 0 aromatic heterocycles. The van der Waals surface area contributed by atoms with E-state index < -0.39 is 0 Å². The lowest BCUT2D eigenvalue weighted by molar-refractivity contribution is -0.119. The van der Waals surface area contributed by atoms with Crippen molar-refractivity contribution < 1.29 is 9.53 Å². The van der Waals surface area contributed by atoms with Crippen LogP contribution in [0.5, 0.6) is 0 Å². The van der Waals surface area contributed by atoms with E-state index in [1.54, 1.807) is 14.0 Å². The van der Waals surface area contributed by atoms with Crippen LogP contribution in [-0.2, 0) is 9.53 Å². The number of carbonyl (C=O) groups is 1. The van der Waals surface area contributed by atoms with Crippen LogP contribution in [0.3, 0.4) is 0 Å². The standard InChI is InChI=1S/C10H16O2/c1-3-4-5-7-10(11)8-6-9-12-2/h5-9H2,1-2H3. The lowest BCUT2D eigenvalue weighted by atomic mass is 10.1. The van der Waals surface area contributed by atoms with Gasteiger partial charge in [-0.2, -0.15) is 0 Å². The van der Waals surface area contributed by atoms with Gasteiger partial charge in [0.25, 0.3) is 0 Å². The Morgan fingerprint density at radius 3 is 2.75 bits per heavy atom. The fourth-order valence-corrected chi connectivity index (χ4v) is 0.866. The second-order valence-corrected chi connectivity index (χ2v) is 2.56. The Morgan fingerprint density at radius 1 is 1.42 bits per heavy atom. The zero-order valence-electron chi connectivity index (χ0n) is 7.85. The van der Waals surface area contributed by atoms with Crippen molar-refractivity contribution in [3.05, 3.63) is 0 Å². The Labute approximate surface area is 74.3 Å². The summed E-state index contributed by atoms with van der Waals surface area (Å²) >= 11 is 0. The maximum atomic E-state index is 11.1. The molecule has 0 rings (SSSR count).